The van der Waals surface area contributed by atoms with Crippen LogP contribution in [0.1, 0.15) is 37.8 Å². The average molecular weight is 296 g/mol. The zero-order chi connectivity index (χ0) is 12.4. The van der Waals surface area contributed by atoms with Crippen LogP contribution in [-0.4, -0.2) is 12.6 Å². The van der Waals surface area contributed by atoms with Crippen molar-refractivity contribution in [2.24, 2.45) is 5.92 Å². The summed E-state index contributed by atoms with van der Waals surface area (Å²) in [4.78, 5) is 2.59. The summed E-state index contributed by atoms with van der Waals surface area (Å²) in [6.07, 6.45) is 2.68. The molecule has 17 heavy (non-hydrogen) atoms. The van der Waals surface area contributed by atoms with Gasteiger partial charge in [-0.1, -0.05) is 35.8 Å². The Kier molecular flexibility index (Phi) is 4.13. The fourth-order valence-corrected chi connectivity index (χ4v) is 3.44. The highest BCUT2D eigenvalue weighted by atomic mass is 79.9. The second-order valence-corrected chi connectivity index (χ2v) is 5.95. The SMILES string of the molecule is Cc1cc(N2CCCC2C(C)C)ccc1CBr. The standard InChI is InChI=1S/C15H22BrN/c1-11(2)15-5-4-8-17(15)14-7-6-13(10-16)12(3)9-14/h6-7,9,11,15H,4-5,8,10H2,1-3H3. The van der Waals surface area contributed by atoms with Crippen molar-refractivity contribution in [3.05, 3.63) is 29.3 Å². The minimum atomic E-state index is 0.726. The third kappa shape index (κ3) is 2.67. The molecule has 0 radical (unpaired) electrons. The highest BCUT2D eigenvalue weighted by Gasteiger charge is 2.27. The van der Waals surface area contributed by atoms with E-state index in [-0.39, 0.29) is 0 Å². The van der Waals surface area contributed by atoms with Crippen molar-refractivity contribution in [2.75, 3.05) is 11.4 Å². The average Bonchev–Trinajstić information content (AvgIpc) is 2.77. The molecule has 0 aliphatic carbocycles. The van der Waals surface area contributed by atoms with E-state index in [9.17, 15) is 0 Å². The summed E-state index contributed by atoms with van der Waals surface area (Å²) in [6.45, 7) is 8.10. The summed E-state index contributed by atoms with van der Waals surface area (Å²) in [5.41, 5.74) is 4.20. The Balaban J connectivity index is 2.24. The van der Waals surface area contributed by atoms with Gasteiger partial charge in [0.2, 0.25) is 0 Å². The molecule has 94 valence electrons. The lowest BCUT2D eigenvalue weighted by Gasteiger charge is -2.30. The third-order valence-corrected chi connectivity index (χ3v) is 4.47. The molecule has 1 unspecified atom stereocenters. The number of hydrogen-bond acceptors (Lipinski definition) is 1. The first-order valence-corrected chi connectivity index (χ1v) is 7.67. The molecule has 1 aliphatic rings. The van der Waals surface area contributed by atoms with Crippen LogP contribution in [0.5, 0.6) is 0 Å². The molecular weight excluding hydrogens is 274 g/mol. The maximum Gasteiger partial charge on any atom is 0.0371 e. The van der Waals surface area contributed by atoms with Gasteiger partial charge in [0.15, 0.2) is 0 Å². The molecule has 0 aromatic heterocycles. The van der Waals surface area contributed by atoms with E-state index in [1.807, 2.05) is 0 Å². The zero-order valence-corrected chi connectivity index (χ0v) is 12.6. The number of halogens is 1. The molecule has 0 N–H and O–H groups in total. The molecular formula is C15H22BrN. The minimum Gasteiger partial charge on any atom is -0.368 e. The Morgan fingerprint density at radius 2 is 2.18 bits per heavy atom. The van der Waals surface area contributed by atoms with Gasteiger partial charge in [0.25, 0.3) is 0 Å². The van der Waals surface area contributed by atoms with Crippen molar-refractivity contribution in [3.8, 4) is 0 Å². The van der Waals surface area contributed by atoms with E-state index >= 15 is 0 Å². The van der Waals surface area contributed by atoms with Gasteiger partial charge in [0.1, 0.15) is 0 Å². The summed E-state index contributed by atoms with van der Waals surface area (Å²) in [5.74, 6) is 0.744. The molecule has 2 rings (SSSR count). The number of aryl methyl sites for hydroxylation is 1. The monoisotopic (exact) mass is 295 g/mol. The predicted octanol–water partition coefficient (Wildman–Crippen LogP) is 4.51. The van der Waals surface area contributed by atoms with Gasteiger partial charge >= 0.3 is 0 Å². The number of hydrogen-bond donors (Lipinski definition) is 0. The summed E-state index contributed by atoms with van der Waals surface area (Å²) in [6, 6.07) is 7.61. The normalized spacial score (nSPS) is 20.3. The Hall–Kier alpha value is -0.500. The van der Waals surface area contributed by atoms with Crippen LogP contribution in [0.25, 0.3) is 0 Å². The van der Waals surface area contributed by atoms with E-state index in [2.05, 4.69) is 59.8 Å². The molecule has 2 heteroatoms. The number of alkyl halides is 1. The number of anilines is 1. The molecule has 1 nitrogen and oxygen atoms in total. The quantitative estimate of drug-likeness (QED) is 0.742. The fraction of sp³-hybridized carbons (Fsp3) is 0.600. The van der Waals surface area contributed by atoms with Crippen LogP contribution in [0.3, 0.4) is 0 Å². The molecule has 0 bridgehead atoms. The zero-order valence-electron chi connectivity index (χ0n) is 11.0. The van der Waals surface area contributed by atoms with Crippen LogP contribution in [-0.2, 0) is 5.33 Å². The van der Waals surface area contributed by atoms with E-state index in [1.165, 1.54) is 36.2 Å². The number of benzene rings is 1. The maximum atomic E-state index is 3.54. The molecule has 0 amide bonds. The van der Waals surface area contributed by atoms with E-state index in [0.29, 0.717) is 0 Å². The summed E-state index contributed by atoms with van der Waals surface area (Å²) in [5, 5.41) is 0.951. The second kappa shape index (κ2) is 5.43. The maximum absolute atomic E-state index is 3.54. The lowest BCUT2D eigenvalue weighted by Crippen LogP contribution is -2.33. The Bertz CT molecular complexity index is 387. The van der Waals surface area contributed by atoms with Crippen molar-refractivity contribution in [3.63, 3.8) is 0 Å². The van der Waals surface area contributed by atoms with Crippen LogP contribution in [0.4, 0.5) is 5.69 Å². The van der Waals surface area contributed by atoms with Crippen molar-refractivity contribution >= 4 is 21.6 Å². The van der Waals surface area contributed by atoms with Gasteiger partial charge in [-0.15, -0.1) is 0 Å². The summed E-state index contributed by atoms with van der Waals surface area (Å²) < 4.78 is 0. The molecule has 1 heterocycles. The van der Waals surface area contributed by atoms with Gasteiger partial charge in [-0.25, -0.2) is 0 Å². The largest absolute Gasteiger partial charge is 0.368 e. The lowest BCUT2D eigenvalue weighted by molar-refractivity contribution is 0.492. The number of rotatable bonds is 3. The Morgan fingerprint density at radius 1 is 1.41 bits per heavy atom. The van der Waals surface area contributed by atoms with Crippen molar-refractivity contribution in [1.82, 2.24) is 0 Å². The molecule has 1 aliphatic heterocycles. The van der Waals surface area contributed by atoms with Gasteiger partial charge < -0.3 is 4.90 Å². The van der Waals surface area contributed by atoms with Crippen molar-refractivity contribution in [2.45, 2.75) is 45.0 Å². The van der Waals surface area contributed by atoms with Crippen LogP contribution in [0.15, 0.2) is 18.2 Å². The van der Waals surface area contributed by atoms with E-state index in [4.69, 9.17) is 0 Å². The first-order valence-electron chi connectivity index (χ1n) is 6.55. The fourth-order valence-electron chi connectivity index (χ4n) is 2.81. The van der Waals surface area contributed by atoms with Crippen molar-refractivity contribution < 1.29 is 0 Å². The van der Waals surface area contributed by atoms with Crippen LogP contribution >= 0.6 is 15.9 Å². The van der Waals surface area contributed by atoms with E-state index in [0.717, 1.165) is 17.3 Å². The van der Waals surface area contributed by atoms with Crippen LogP contribution in [0.2, 0.25) is 0 Å². The highest BCUT2D eigenvalue weighted by Crippen LogP contribution is 2.31. The van der Waals surface area contributed by atoms with Crippen molar-refractivity contribution in [1.29, 1.82) is 0 Å². The molecule has 1 aromatic rings. The number of nitrogens with zero attached hydrogens (tertiary/aromatic N) is 1. The molecule has 1 atom stereocenters. The first-order chi connectivity index (χ1) is 8.13. The lowest BCUT2D eigenvalue weighted by atomic mass is 10.0. The third-order valence-electron chi connectivity index (χ3n) is 3.87. The molecule has 0 saturated carbocycles. The summed E-state index contributed by atoms with van der Waals surface area (Å²) in [7, 11) is 0. The minimum absolute atomic E-state index is 0.726. The molecule has 1 fully saturated rings. The second-order valence-electron chi connectivity index (χ2n) is 5.39. The van der Waals surface area contributed by atoms with Gasteiger partial charge in [-0.2, -0.15) is 0 Å². The first kappa shape index (κ1) is 12.9. The molecule has 1 aromatic carbocycles. The Labute approximate surface area is 113 Å². The smallest absolute Gasteiger partial charge is 0.0371 e. The Morgan fingerprint density at radius 3 is 2.76 bits per heavy atom. The van der Waals surface area contributed by atoms with Gasteiger partial charge in [0.05, 0.1) is 0 Å². The predicted molar refractivity (Wildman–Crippen MR) is 79.0 cm³/mol. The summed E-state index contributed by atoms with van der Waals surface area (Å²) >= 11 is 3.54. The van der Waals surface area contributed by atoms with Gasteiger partial charge in [-0.05, 0) is 48.9 Å². The highest BCUT2D eigenvalue weighted by molar-refractivity contribution is 9.08. The van der Waals surface area contributed by atoms with Crippen LogP contribution in [0, 0.1) is 12.8 Å². The molecule has 0 spiro atoms. The molecule has 1 saturated heterocycles. The van der Waals surface area contributed by atoms with Crippen LogP contribution < -0.4 is 4.90 Å². The van der Waals surface area contributed by atoms with Gasteiger partial charge in [-0.3, -0.25) is 0 Å². The van der Waals surface area contributed by atoms with E-state index < -0.39 is 0 Å². The topological polar surface area (TPSA) is 3.24 Å². The van der Waals surface area contributed by atoms with E-state index in [1.54, 1.807) is 0 Å². The van der Waals surface area contributed by atoms with Gasteiger partial charge in [0, 0.05) is 23.6 Å².